The van der Waals surface area contributed by atoms with Crippen LogP contribution in [0.4, 0.5) is 20.2 Å². The van der Waals surface area contributed by atoms with E-state index >= 15 is 0 Å². The standard InChI is InChI=1S/C17H16F2N2O3S/c1-9(16(22)21-15-11(18)4-3-5-12(15)19)24-17(23)10-6-7-13(20)14(8-10)25-2/h3-9H,20H2,1-2H3,(H,21,22). The van der Waals surface area contributed by atoms with Crippen molar-refractivity contribution in [2.45, 2.75) is 17.9 Å². The van der Waals surface area contributed by atoms with Gasteiger partial charge in [-0.2, -0.15) is 0 Å². The highest BCUT2D eigenvalue weighted by atomic mass is 32.2. The zero-order valence-corrected chi connectivity index (χ0v) is 14.3. The van der Waals surface area contributed by atoms with Crippen LogP contribution in [0.5, 0.6) is 0 Å². The Labute approximate surface area is 147 Å². The Morgan fingerprint density at radius 2 is 1.84 bits per heavy atom. The van der Waals surface area contributed by atoms with E-state index in [1.807, 2.05) is 0 Å². The second-order valence-electron chi connectivity index (χ2n) is 5.09. The van der Waals surface area contributed by atoms with E-state index in [9.17, 15) is 18.4 Å². The van der Waals surface area contributed by atoms with Gasteiger partial charge in [-0.3, -0.25) is 4.79 Å². The van der Waals surface area contributed by atoms with Gasteiger partial charge < -0.3 is 15.8 Å². The molecular weight excluding hydrogens is 350 g/mol. The van der Waals surface area contributed by atoms with E-state index in [2.05, 4.69) is 5.32 Å². The van der Waals surface area contributed by atoms with Crippen molar-refractivity contribution in [2.75, 3.05) is 17.3 Å². The number of nitrogen functional groups attached to an aromatic ring is 1. The van der Waals surface area contributed by atoms with Crippen molar-refractivity contribution in [1.82, 2.24) is 0 Å². The van der Waals surface area contributed by atoms with Crippen LogP contribution in [-0.4, -0.2) is 24.2 Å². The fraction of sp³-hybridized carbons (Fsp3) is 0.176. The van der Waals surface area contributed by atoms with Crippen molar-refractivity contribution in [3.63, 3.8) is 0 Å². The Bertz CT molecular complexity index is 794. The lowest BCUT2D eigenvalue weighted by Crippen LogP contribution is -2.30. The number of esters is 1. The Kier molecular flexibility index (Phi) is 5.97. The van der Waals surface area contributed by atoms with E-state index in [1.165, 1.54) is 30.8 Å². The molecule has 2 rings (SSSR count). The summed E-state index contributed by atoms with van der Waals surface area (Å²) in [7, 11) is 0. The van der Waals surface area contributed by atoms with E-state index in [0.29, 0.717) is 10.6 Å². The lowest BCUT2D eigenvalue weighted by atomic mass is 10.2. The maximum Gasteiger partial charge on any atom is 0.338 e. The van der Waals surface area contributed by atoms with Crippen LogP contribution in [0.15, 0.2) is 41.3 Å². The van der Waals surface area contributed by atoms with Crippen molar-refractivity contribution in [3.05, 3.63) is 53.6 Å². The number of halogens is 2. The molecule has 0 fully saturated rings. The Hall–Kier alpha value is -2.61. The highest BCUT2D eigenvalue weighted by Gasteiger charge is 2.22. The van der Waals surface area contributed by atoms with Crippen LogP contribution in [0.25, 0.3) is 0 Å². The number of anilines is 2. The lowest BCUT2D eigenvalue weighted by Gasteiger charge is -2.14. The first-order valence-electron chi connectivity index (χ1n) is 7.23. The molecule has 0 saturated carbocycles. The van der Waals surface area contributed by atoms with Crippen molar-refractivity contribution in [3.8, 4) is 0 Å². The number of hydrogen-bond acceptors (Lipinski definition) is 5. The summed E-state index contributed by atoms with van der Waals surface area (Å²) in [6, 6.07) is 7.76. The molecule has 0 aliphatic carbocycles. The minimum Gasteiger partial charge on any atom is -0.449 e. The third-order valence-corrected chi connectivity index (χ3v) is 4.13. The van der Waals surface area contributed by atoms with Crippen molar-refractivity contribution in [1.29, 1.82) is 0 Å². The van der Waals surface area contributed by atoms with E-state index < -0.39 is 35.3 Å². The fourth-order valence-electron chi connectivity index (χ4n) is 1.96. The molecule has 132 valence electrons. The average Bonchev–Trinajstić information content (AvgIpc) is 2.58. The molecule has 1 atom stereocenters. The molecular formula is C17H16F2N2O3S. The number of nitrogens with two attached hydrogens (primary N) is 1. The second kappa shape index (κ2) is 7.98. The van der Waals surface area contributed by atoms with Crippen LogP contribution < -0.4 is 11.1 Å². The molecule has 0 heterocycles. The van der Waals surface area contributed by atoms with Crippen LogP contribution in [0.1, 0.15) is 17.3 Å². The number of amides is 1. The van der Waals surface area contributed by atoms with Gasteiger partial charge in [0, 0.05) is 10.6 Å². The number of hydrogen-bond donors (Lipinski definition) is 2. The van der Waals surface area contributed by atoms with Gasteiger partial charge in [0.2, 0.25) is 0 Å². The quantitative estimate of drug-likeness (QED) is 0.481. The molecule has 0 aromatic heterocycles. The number of benzene rings is 2. The Morgan fingerprint density at radius 3 is 2.44 bits per heavy atom. The van der Waals surface area contributed by atoms with Gasteiger partial charge in [-0.25, -0.2) is 13.6 Å². The van der Waals surface area contributed by atoms with Gasteiger partial charge in [0.25, 0.3) is 5.91 Å². The van der Waals surface area contributed by atoms with E-state index in [1.54, 1.807) is 18.4 Å². The van der Waals surface area contributed by atoms with Crippen LogP contribution >= 0.6 is 11.8 Å². The van der Waals surface area contributed by atoms with Gasteiger partial charge in [-0.05, 0) is 43.5 Å². The maximum atomic E-state index is 13.5. The molecule has 0 aliphatic heterocycles. The highest BCUT2D eigenvalue weighted by Crippen LogP contribution is 2.24. The number of carbonyl (C=O) groups excluding carboxylic acids is 2. The van der Waals surface area contributed by atoms with Gasteiger partial charge in [0.15, 0.2) is 6.10 Å². The molecule has 0 radical (unpaired) electrons. The van der Waals surface area contributed by atoms with Gasteiger partial charge in [0.1, 0.15) is 17.3 Å². The zero-order valence-electron chi connectivity index (χ0n) is 13.5. The van der Waals surface area contributed by atoms with Gasteiger partial charge in [-0.1, -0.05) is 6.07 Å². The molecule has 3 N–H and O–H groups in total. The SMILES string of the molecule is CSc1cc(C(=O)OC(C)C(=O)Nc2c(F)cccc2F)ccc1N. The monoisotopic (exact) mass is 366 g/mol. The first-order chi connectivity index (χ1) is 11.8. The summed E-state index contributed by atoms with van der Waals surface area (Å²) in [4.78, 5) is 24.8. The maximum absolute atomic E-state index is 13.5. The number of carbonyl (C=O) groups is 2. The summed E-state index contributed by atoms with van der Waals surface area (Å²) in [5, 5.41) is 2.08. The summed E-state index contributed by atoms with van der Waals surface area (Å²) in [6.07, 6.45) is 0.557. The minimum atomic E-state index is -1.25. The molecule has 8 heteroatoms. The average molecular weight is 366 g/mol. The third-order valence-electron chi connectivity index (χ3n) is 3.33. The van der Waals surface area contributed by atoms with E-state index in [0.717, 1.165) is 12.1 Å². The molecule has 0 bridgehead atoms. The summed E-state index contributed by atoms with van der Waals surface area (Å²) in [6.45, 7) is 1.30. The van der Waals surface area contributed by atoms with Crippen LogP contribution in [-0.2, 0) is 9.53 Å². The number of ether oxygens (including phenoxy) is 1. The number of nitrogens with one attached hydrogen (secondary N) is 1. The second-order valence-corrected chi connectivity index (χ2v) is 5.94. The molecule has 0 spiro atoms. The summed E-state index contributed by atoms with van der Waals surface area (Å²) in [5.41, 5.74) is 5.90. The molecule has 2 aromatic rings. The molecule has 25 heavy (non-hydrogen) atoms. The zero-order chi connectivity index (χ0) is 18.6. The smallest absolute Gasteiger partial charge is 0.338 e. The largest absolute Gasteiger partial charge is 0.449 e. The molecule has 1 unspecified atom stereocenters. The number of rotatable bonds is 5. The van der Waals surface area contributed by atoms with Gasteiger partial charge >= 0.3 is 5.97 Å². The fourth-order valence-corrected chi connectivity index (χ4v) is 2.51. The summed E-state index contributed by atoms with van der Waals surface area (Å²) >= 11 is 1.36. The van der Waals surface area contributed by atoms with Gasteiger partial charge in [-0.15, -0.1) is 11.8 Å². The number of para-hydroxylation sites is 1. The summed E-state index contributed by atoms with van der Waals surface area (Å²) < 4.78 is 32.1. The predicted octanol–water partition coefficient (Wildman–Crippen LogP) is 3.45. The first kappa shape index (κ1) is 18.7. The first-order valence-corrected chi connectivity index (χ1v) is 8.45. The highest BCUT2D eigenvalue weighted by molar-refractivity contribution is 7.98. The Morgan fingerprint density at radius 1 is 1.20 bits per heavy atom. The predicted molar refractivity (Wildman–Crippen MR) is 92.5 cm³/mol. The molecule has 0 saturated heterocycles. The molecule has 5 nitrogen and oxygen atoms in total. The molecule has 1 amide bonds. The van der Waals surface area contributed by atoms with Crippen LogP contribution in [0.3, 0.4) is 0 Å². The van der Waals surface area contributed by atoms with E-state index in [4.69, 9.17) is 10.5 Å². The lowest BCUT2D eigenvalue weighted by molar-refractivity contribution is -0.123. The third kappa shape index (κ3) is 4.48. The topological polar surface area (TPSA) is 81.4 Å². The van der Waals surface area contributed by atoms with Crippen molar-refractivity contribution in [2.24, 2.45) is 0 Å². The van der Waals surface area contributed by atoms with Crippen LogP contribution in [0, 0.1) is 11.6 Å². The van der Waals surface area contributed by atoms with Gasteiger partial charge in [0.05, 0.1) is 5.56 Å². The van der Waals surface area contributed by atoms with E-state index in [-0.39, 0.29) is 5.56 Å². The van der Waals surface area contributed by atoms with Crippen molar-refractivity contribution < 1.29 is 23.1 Å². The van der Waals surface area contributed by atoms with Crippen LogP contribution in [0.2, 0.25) is 0 Å². The van der Waals surface area contributed by atoms with Crippen molar-refractivity contribution >= 4 is 35.0 Å². The minimum absolute atomic E-state index is 0.218. The normalized spacial score (nSPS) is 11.7. The Balaban J connectivity index is 2.07. The summed E-state index contributed by atoms with van der Waals surface area (Å²) in [5.74, 6) is -3.44. The molecule has 0 aliphatic rings. The molecule has 2 aromatic carbocycles. The number of thioether (sulfide) groups is 1.